The Kier molecular flexibility index (Phi) is 4.58. The average molecular weight is 368 g/mol. The highest BCUT2D eigenvalue weighted by atomic mass is 19.1. The van der Waals surface area contributed by atoms with Crippen LogP contribution < -0.4 is 0 Å². The predicted octanol–water partition coefficient (Wildman–Crippen LogP) is 3.78. The number of halogens is 2. The van der Waals surface area contributed by atoms with Crippen molar-refractivity contribution >= 4 is 16.8 Å². The Morgan fingerprint density at radius 2 is 2.00 bits per heavy atom. The normalized spacial score (nSPS) is 16.9. The maximum atomic E-state index is 14.3. The Morgan fingerprint density at radius 3 is 2.78 bits per heavy atom. The van der Waals surface area contributed by atoms with Crippen molar-refractivity contribution in [1.82, 2.24) is 9.88 Å². The van der Waals surface area contributed by atoms with E-state index >= 15 is 0 Å². The predicted molar refractivity (Wildman–Crippen MR) is 98.2 cm³/mol. The van der Waals surface area contributed by atoms with Gasteiger partial charge < -0.3 is 10.0 Å². The van der Waals surface area contributed by atoms with E-state index in [1.807, 2.05) is 0 Å². The van der Waals surface area contributed by atoms with Gasteiger partial charge in [-0.3, -0.25) is 4.79 Å². The Morgan fingerprint density at radius 1 is 1.19 bits per heavy atom. The monoisotopic (exact) mass is 368 g/mol. The zero-order valence-electron chi connectivity index (χ0n) is 14.5. The second kappa shape index (κ2) is 7.04. The van der Waals surface area contributed by atoms with E-state index in [2.05, 4.69) is 4.98 Å². The first-order chi connectivity index (χ1) is 13.1. The smallest absolute Gasteiger partial charge is 0.254 e. The van der Waals surface area contributed by atoms with Crippen LogP contribution in [-0.2, 0) is 0 Å². The van der Waals surface area contributed by atoms with Crippen molar-refractivity contribution in [2.45, 2.75) is 18.9 Å². The molecule has 1 aromatic heterocycles. The van der Waals surface area contributed by atoms with Gasteiger partial charge in [-0.1, -0.05) is 12.1 Å². The van der Waals surface area contributed by atoms with E-state index in [-0.39, 0.29) is 29.7 Å². The van der Waals surface area contributed by atoms with Crippen molar-refractivity contribution in [3.05, 3.63) is 65.7 Å². The maximum absolute atomic E-state index is 14.3. The quantitative estimate of drug-likeness (QED) is 0.766. The van der Waals surface area contributed by atoms with Gasteiger partial charge in [0.2, 0.25) is 0 Å². The number of aliphatic hydroxyl groups excluding tert-OH is 1. The molecule has 2 aromatic carbocycles. The number of carbonyl (C=O) groups is 1. The molecule has 1 N–H and O–H groups in total. The summed E-state index contributed by atoms with van der Waals surface area (Å²) < 4.78 is 28.1. The van der Waals surface area contributed by atoms with E-state index < -0.39 is 11.6 Å². The first-order valence-corrected chi connectivity index (χ1v) is 8.85. The van der Waals surface area contributed by atoms with Crippen LogP contribution >= 0.6 is 0 Å². The van der Waals surface area contributed by atoms with Gasteiger partial charge in [-0.15, -0.1) is 0 Å². The summed E-state index contributed by atoms with van der Waals surface area (Å²) in [6.07, 6.45) is 1.52. The van der Waals surface area contributed by atoms with Crippen LogP contribution in [0.1, 0.15) is 23.2 Å². The summed E-state index contributed by atoms with van der Waals surface area (Å²) in [5.74, 6) is -1.22. The summed E-state index contributed by atoms with van der Waals surface area (Å²) in [6.45, 7) is 0.404. The van der Waals surface area contributed by atoms with Gasteiger partial charge in [-0.25, -0.2) is 13.8 Å². The molecule has 6 heteroatoms. The van der Waals surface area contributed by atoms with Gasteiger partial charge in [-0.2, -0.15) is 0 Å². The van der Waals surface area contributed by atoms with Crippen molar-refractivity contribution in [2.75, 3.05) is 13.2 Å². The van der Waals surface area contributed by atoms with E-state index in [1.165, 1.54) is 30.3 Å². The average Bonchev–Trinajstić information content (AvgIpc) is 3.16. The number of rotatable bonds is 3. The number of carbonyl (C=O) groups excluding carboxylic acids is 1. The molecule has 1 fully saturated rings. The van der Waals surface area contributed by atoms with Gasteiger partial charge in [0, 0.05) is 17.5 Å². The molecule has 0 aliphatic carbocycles. The number of nitrogens with zero attached hydrogens (tertiary/aromatic N) is 2. The molecule has 1 amide bonds. The number of amides is 1. The molecule has 0 bridgehead atoms. The van der Waals surface area contributed by atoms with E-state index in [4.69, 9.17) is 0 Å². The van der Waals surface area contributed by atoms with Gasteiger partial charge in [0.25, 0.3) is 5.91 Å². The van der Waals surface area contributed by atoms with Crippen LogP contribution in [0.3, 0.4) is 0 Å². The van der Waals surface area contributed by atoms with Crippen LogP contribution in [0, 0.1) is 11.6 Å². The number of likely N-dealkylation sites (tertiary alicyclic amines) is 1. The second-order valence-corrected chi connectivity index (χ2v) is 6.67. The molecule has 1 aliphatic heterocycles. The second-order valence-electron chi connectivity index (χ2n) is 6.67. The van der Waals surface area contributed by atoms with Gasteiger partial charge >= 0.3 is 0 Å². The maximum Gasteiger partial charge on any atom is 0.254 e. The lowest BCUT2D eigenvalue weighted by molar-refractivity contribution is 0.0679. The highest BCUT2D eigenvalue weighted by Crippen LogP contribution is 2.29. The van der Waals surface area contributed by atoms with Crippen LogP contribution in [0.25, 0.3) is 22.2 Å². The standard InChI is InChI=1S/C21H18F2N2O2/c22-13-7-8-19-16(10-13)17(21(27)25-9-3-4-14(25)12-26)11-20(24-19)15-5-1-2-6-18(15)23/h1-2,5-8,10-11,14,26H,3-4,9,12H2/t14-/m1/s1. The SMILES string of the molecule is O=C(c1cc(-c2ccccc2F)nc2ccc(F)cc12)N1CCC[C@@H]1CO. The fourth-order valence-electron chi connectivity index (χ4n) is 3.63. The highest BCUT2D eigenvalue weighted by Gasteiger charge is 2.30. The van der Waals surface area contributed by atoms with Crippen LogP contribution in [0.2, 0.25) is 0 Å². The molecule has 3 aromatic rings. The molecule has 1 saturated heterocycles. The summed E-state index contributed by atoms with van der Waals surface area (Å²) in [4.78, 5) is 19.2. The third-order valence-corrected chi connectivity index (χ3v) is 5.00. The molecule has 2 heterocycles. The van der Waals surface area contributed by atoms with Crippen molar-refractivity contribution in [3.63, 3.8) is 0 Å². The Bertz CT molecular complexity index is 1020. The number of aromatic nitrogens is 1. The molecular weight excluding hydrogens is 350 g/mol. The number of hydrogen-bond donors (Lipinski definition) is 1. The van der Waals surface area contributed by atoms with Crippen molar-refractivity contribution in [2.24, 2.45) is 0 Å². The summed E-state index contributed by atoms with van der Waals surface area (Å²) in [5.41, 5.74) is 1.27. The summed E-state index contributed by atoms with van der Waals surface area (Å²) in [5, 5.41) is 9.92. The number of benzene rings is 2. The lowest BCUT2D eigenvalue weighted by atomic mass is 10.0. The van der Waals surface area contributed by atoms with Crippen LogP contribution in [-0.4, -0.2) is 40.1 Å². The highest BCUT2D eigenvalue weighted by molar-refractivity contribution is 6.07. The Balaban J connectivity index is 1.91. The fourth-order valence-corrected chi connectivity index (χ4v) is 3.63. The first kappa shape index (κ1) is 17.5. The van der Waals surface area contributed by atoms with Crippen LogP contribution in [0.15, 0.2) is 48.5 Å². The van der Waals surface area contributed by atoms with Crippen LogP contribution in [0.4, 0.5) is 8.78 Å². The lowest BCUT2D eigenvalue weighted by Gasteiger charge is -2.24. The van der Waals surface area contributed by atoms with Gasteiger partial charge in [0.1, 0.15) is 11.6 Å². The van der Waals surface area contributed by atoms with E-state index in [9.17, 15) is 18.7 Å². The molecule has 1 aliphatic rings. The topological polar surface area (TPSA) is 53.4 Å². The van der Waals surface area contributed by atoms with Crippen molar-refractivity contribution in [3.8, 4) is 11.3 Å². The van der Waals surface area contributed by atoms with E-state index in [0.717, 1.165) is 12.8 Å². The lowest BCUT2D eigenvalue weighted by Crippen LogP contribution is -2.37. The molecule has 1 atom stereocenters. The number of aliphatic hydroxyl groups is 1. The summed E-state index contributed by atoms with van der Waals surface area (Å²) in [6, 6.07) is 11.5. The molecule has 4 rings (SSSR count). The number of pyridine rings is 1. The molecule has 0 spiro atoms. The van der Waals surface area contributed by atoms with E-state index in [1.54, 1.807) is 23.1 Å². The molecule has 27 heavy (non-hydrogen) atoms. The largest absolute Gasteiger partial charge is 0.394 e. The fraction of sp³-hybridized carbons (Fsp3) is 0.238. The van der Waals surface area contributed by atoms with Crippen molar-refractivity contribution < 1.29 is 18.7 Å². The zero-order chi connectivity index (χ0) is 19.0. The summed E-state index contributed by atoms with van der Waals surface area (Å²) in [7, 11) is 0. The first-order valence-electron chi connectivity index (χ1n) is 8.85. The Labute approximate surface area is 155 Å². The minimum Gasteiger partial charge on any atom is -0.394 e. The minimum atomic E-state index is -0.475. The molecule has 138 valence electrons. The molecule has 4 nitrogen and oxygen atoms in total. The van der Waals surface area contributed by atoms with Crippen molar-refractivity contribution in [1.29, 1.82) is 0 Å². The van der Waals surface area contributed by atoms with Gasteiger partial charge in [0.15, 0.2) is 0 Å². The number of hydrogen-bond acceptors (Lipinski definition) is 3. The molecule has 0 unspecified atom stereocenters. The zero-order valence-corrected chi connectivity index (χ0v) is 14.5. The summed E-state index contributed by atoms with van der Waals surface area (Å²) >= 11 is 0. The minimum absolute atomic E-state index is 0.122. The Hall–Kier alpha value is -2.86. The third-order valence-electron chi connectivity index (χ3n) is 5.00. The van der Waals surface area contributed by atoms with Crippen LogP contribution in [0.5, 0.6) is 0 Å². The molecular formula is C21H18F2N2O2. The van der Waals surface area contributed by atoms with E-state index in [0.29, 0.717) is 23.1 Å². The third kappa shape index (κ3) is 3.17. The molecule has 0 saturated carbocycles. The van der Waals surface area contributed by atoms with Gasteiger partial charge in [-0.05, 0) is 49.2 Å². The van der Waals surface area contributed by atoms with Gasteiger partial charge in [0.05, 0.1) is 29.4 Å². The molecule has 0 radical (unpaired) electrons. The number of fused-ring (bicyclic) bond motifs is 1.